The zero-order valence-corrected chi connectivity index (χ0v) is 7.87. The van der Waals surface area contributed by atoms with Crippen molar-refractivity contribution >= 4 is 11.7 Å². The lowest BCUT2D eigenvalue weighted by atomic mass is 10.3. The van der Waals surface area contributed by atoms with E-state index in [4.69, 9.17) is 0 Å². The molecule has 68 valence electrons. The van der Waals surface area contributed by atoms with Gasteiger partial charge in [-0.05, 0) is 20.3 Å². The predicted octanol–water partition coefficient (Wildman–Crippen LogP) is 1.14. The summed E-state index contributed by atoms with van der Waals surface area (Å²) in [5, 5.41) is 5.65. The first-order valence-electron chi connectivity index (χ1n) is 4.15. The Bertz CT molecular complexity index is 208. The maximum Gasteiger partial charge on any atom is 0.340 e. The van der Waals surface area contributed by atoms with Crippen LogP contribution in [0.25, 0.3) is 0 Å². The standard InChI is InChI=1S/C8H15N3O/c1-7(2)9-11-6-4-5-10(3)8(11)12/h4-6H2,1-3H3. The van der Waals surface area contributed by atoms with Gasteiger partial charge in [0.25, 0.3) is 0 Å². The molecule has 4 nitrogen and oxygen atoms in total. The molecule has 0 aromatic carbocycles. The van der Waals surface area contributed by atoms with Gasteiger partial charge in [0.2, 0.25) is 0 Å². The molecule has 0 N–H and O–H groups in total. The van der Waals surface area contributed by atoms with Crippen molar-refractivity contribution in [2.45, 2.75) is 20.3 Å². The largest absolute Gasteiger partial charge is 0.340 e. The van der Waals surface area contributed by atoms with Crippen LogP contribution in [0.4, 0.5) is 4.79 Å². The third kappa shape index (κ3) is 1.96. The minimum atomic E-state index is 0.00227. The van der Waals surface area contributed by atoms with E-state index in [0.717, 1.165) is 25.2 Å². The smallest absolute Gasteiger partial charge is 0.326 e. The maximum atomic E-state index is 11.4. The number of hydrogen-bond donors (Lipinski definition) is 0. The number of hydrogen-bond acceptors (Lipinski definition) is 2. The van der Waals surface area contributed by atoms with Gasteiger partial charge in [-0.3, -0.25) is 0 Å². The van der Waals surface area contributed by atoms with Crippen LogP contribution in [-0.4, -0.2) is 41.8 Å². The maximum absolute atomic E-state index is 11.4. The van der Waals surface area contributed by atoms with Gasteiger partial charge < -0.3 is 4.90 Å². The van der Waals surface area contributed by atoms with E-state index in [1.165, 1.54) is 5.01 Å². The van der Waals surface area contributed by atoms with E-state index in [9.17, 15) is 4.79 Å². The Morgan fingerprint density at radius 2 is 2.08 bits per heavy atom. The first-order valence-corrected chi connectivity index (χ1v) is 4.15. The normalized spacial score (nSPS) is 18.1. The summed E-state index contributed by atoms with van der Waals surface area (Å²) in [5.41, 5.74) is 0.915. The van der Waals surface area contributed by atoms with E-state index in [0.29, 0.717) is 0 Å². The molecule has 0 bridgehead atoms. The number of carbonyl (C=O) groups is 1. The Labute approximate surface area is 72.8 Å². The third-order valence-corrected chi connectivity index (χ3v) is 1.73. The average Bonchev–Trinajstić information content (AvgIpc) is 1.98. The number of urea groups is 1. The molecule has 1 fully saturated rings. The fraction of sp³-hybridized carbons (Fsp3) is 0.750. The van der Waals surface area contributed by atoms with Crippen molar-refractivity contribution in [3.63, 3.8) is 0 Å². The van der Waals surface area contributed by atoms with E-state index < -0.39 is 0 Å². The Balaban J connectivity index is 2.64. The first kappa shape index (κ1) is 9.03. The molecule has 0 aromatic heterocycles. The van der Waals surface area contributed by atoms with Crippen LogP contribution in [0.3, 0.4) is 0 Å². The molecule has 1 aliphatic rings. The van der Waals surface area contributed by atoms with E-state index >= 15 is 0 Å². The fourth-order valence-corrected chi connectivity index (χ4v) is 1.18. The molecule has 0 saturated carbocycles. The predicted molar refractivity (Wildman–Crippen MR) is 48.1 cm³/mol. The van der Waals surface area contributed by atoms with Crippen LogP contribution < -0.4 is 0 Å². The molecule has 0 unspecified atom stereocenters. The lowest BCUT2D eigenvalue weighted by Crippen LogP contribution is -2.44. The molecule has 0 atom stereocenters. The molecule has 1 saturated heterocycles. The second kappa shape index (κ2) is 3.56. The van der Waals surface area contributed by atoms with E-state index in [-0.39, 0.29) is 6.03 Å². The van der Waals surface area contributed by atoms with Gasteiger partial charge in [-0.1, -0.05) is 0 Å². The van der Waals surface area contributed by atoms with E-state index in [1.54, 1.807) is 11.9 Å². The SMILES string of the molecule is CC(C)=NN1CCCN(C)C1=O. The summed E-state index contributed by atoms with van der Waals surface area (Å²) < 4.78 is 0. The Morgan fingerprint density at radius 3 is 2.67 bits per heavy atom. The van der Waals surface area contributed by atoms with Gasteiger partial charge in [0.05, 0.1) is 0 Å². The number of amides is 2. The van der Waals surface area contributed by atoms with Crippen molar-refractivity contribution in [1.82, 2.24) is 9.91 Å². The number of nitrogens with zero attached hydrogens (tertiary/aromatic N) is 3. The fourth-order valence-electron chi connectivity index (χ4n) is 1.18. The van der Waals surface area contributed by atoms with Crippen LogP contribution >= 0.6 is 0 Å². The van der Waals surface area contributed by atoms with Crippen molar-refractivity contribution in [3.8, 4) is 0 Å². The van der Waals surface area contributed by atoms with Crippen LogP contribution in [0, 0.1) is 0 Å². The second-order valence-corrected chi connectivity index (χ2v) is 3.23. The average molecular weight is 169 g/mol. The van der Waals surface area contributed by atoms with Crippen molar-refractivity contribution in [2.75, 3.05) is 20.1 Å². The molecule has 0 aromatic rings. The summed E-state index contributed by atoms with van der Waals surface area (Å²) in [6.07, 6.45) is 0.999. The zero-order valence-electron chi connectivity index (χ0n) is 7.87. The molecule has 1 aliphatic heterocycles. The van der Waals surface area contributed by atoms with Gasteiger partial charge in [-0.15, -0.1) is 0 Å². The minimum absolute atomic E-state index is 0.00227. The van der Waals surface area contributed by atoms with Crippen molar-refractivity contribution in [3.05, 3.63) is 0 Å². The molecule has 0 aliphatic carbocycles. The molecule has 0 radical (unpaired) electrons. The van der Waals surface area contributed by atoms with Gasteiger partial charge in [0, 0.05) is 25.8 Å². The van der Waals surface area contributed by atoms with Gasteiger partial charge in [0.1, 0.15) is 0 Å². The Hall–Kier alpha value is -1.06. The molecule has 1 rings (SSSR count). The number of carbonyl (C=O) groups excluding carboxylic acids is 1. The van der Waals surface area contributed by atoms with Crippen LogP contribution in [0.15, 0.2) is 5.10 Å². The highest BCUT2D eigenvalue weighted by Crippen LogP contribution is 2.07. The number of hydrazone groups is 1. The quantitative estimate of drug-likeness (QED) is 0.542. The molecule has 2 amide bonds. The molecular formula is C8H15N3O. The number of rotatable bonds is 1. The van der Waals surface area contributed by atoms with E-state index in [1.807, 2.05) is 13.8 Å². The van der Waals surface area contributed by atoms with Crippen LogP contribution in [0.2, 0.25) is 0 Å². The monoisotopic (exact) mass is 169 g/mol. The first-order chi connectivity index (χ1) is 5.61. The summed E-state index contributed by atoms with van der Waals surface area (Å²) in [6, 6.07) is 0.00227. The van der Waals surface area contributed by atoms with Crippen molar-refractivity contribution < 1.29 is 4.79 Å². The van der Waals surface area contributed by atoms with Crippen molar-refractivity contribution in [2.24, 2.45) is 5.10 Å². The summed E-state index contributed by atoms with van der Waals surface area (Å²) in [7, 11) is 1.80. The highest BCUT2D eigenvalue weighted by molar-refractivity contribution is 5.82. The van der Waals surface area contributed by atoms with Gasteiger partial charge in [-0.2, -0.15) is 5.10 Å². The zero-order chi connectivity index (χ0) is 9.14. The Morgan fingerprint density at radius 1 is 1.42 bits per heavy atom. The van der Waals surface area contributed by atoms with Gasteiger partial charge in [0.15, 0.2) is 0 Å². The highest BCUT2D eigenvalue weighted by Gasteiger charge is 2.21. The van der Waals surface area contributed by atoms with Crippen LogP contribution in [0.5, 0.6) is 0 Å². The minimum Gasteiger partial charge on any atom is -0.326 e. The van der Waals surface area contributed by atoms with Gasteiger partial charge in [-0.25, -0.2) is 9.80 Å². The van der Waals surface area contributed by atoms with Gasteiger partial charge >= 0.3 is 6.03 Å². The highest BCUT2D eigenvalue weighted by atomic mass is 16.2. The topological polar surface area (TPSA) is 35.9 Å². The molecule has 1 heterocycles. The second-order valence-electron chi connectivity index (χ2n) is 3.23. The summed E-state index contributed by atoms with van der Waals surface area (Å²) in [6.45, 7) is 5.37. The summed E-state index contributed by atoms with van der Waals surface area (Å²) in [5.74, 6) is 0. The Kier molecular flexibility index (Phi) is 2.68. The van der Waals surface area contributed by atoms with Crippen LogP contribution in [-0.2, 0) is 0 Å². The third-order valence-electron chi connectivity index (χ3n) is 1.73. The lowest BCUT2D eigenvalue weighted by Gasteiger charge is -2.29. The molecule has 12 heavy (non-hydrogen) atoms. The molecular weight excluding hydrogens is 154 g/mol. The lowest BCUT2D eigenvalue weighted by molar-refractivity contribution is 0.143. The van der Waals surface area contributed by atoms with Crippen LogP contribution in [0.1, 0.15) is 20.3 Å². The summed E-state index contributed by atoms with van der Waals surface area (Å²) >= 11 is 0. The molecule has 0 spiro atoms. The van der Waals surface area contributed by atoms with E-state index in [2.05, 4.69) is 5.10 Å². The molecule has 4 heteroatoms. The summed E-state index contributed by atoms with van der Waals surface area (Å²) in [4.78, 5) is 13.1. The van der Waals surface area contributed by atoms with Crippen molar-refractivity contribution in [1.29, 1.82) is 0 Å².